The number of benzene rings is 3. The maximum absolute atomic E-state index is 13.5. The van der Waals surface area contributed by atoms with Crippen LogP contribution in [0.25, 0.3) is 11.1 Å². The Kier molecular flexibility index (Phi) is 4.86. The largest absolute Gasteiger partial charge is 0.334 e. The highest BCUT2D eigenvalue weighted by atomic mass is 16.2. The quantitative estimate of drug-likeness (QED) is 0.604. The van der Waals surface area contributed by atoms with E-state index in [-0.39, 0.29) is 30.3 Å². The van der Waals surface area contributed by atoms with E-state index in [2.05, 4.69) is 0 Å². The summed E-state index contributed by atoms with van der Waals surface area (Å²) < 4.78 is 0. The summed E-state index contributed by atoms with van der Waals surface area (Å²) in [4.78, 5) is 42.2. The number of amides is 3. The van der Waals surface area contributed by atoms with E-state index in [0.717, 1.165) is 24.0 Å². The second kappa shape index (κ2) is 7.84. The molecule has 2 heterocycles. The number of carbonyl (C=O) groups is 3. The maximum Gasteiger partial charge on any atom is 0.261 e. The van der Waals surface area contributed by atoms with Crippen LogP contribution in [0.15, 0.2) is 78.9 Å². The van der Waals surface area contributed by atoms with Gasteiger partial charge in [0.1, 0.15) is 0 Å². The molecule has 0 bridgehead atoms. The molecule has 0 radical (unpaired) electrons. The first-order chi connectivity index (χ1) is 15.1. The van der Waals surface area contributed by atoms with Gasteiger partial charge in [0.25, 0.3) is 17.7 Å². The van der Waals surface area contributed by atoms with E-state index in [4.69, 9.17) is 0 Å². The summed E-state index contributed by atoms with van der Waals surface area (Å²) in [6, 6.07) is 24.2. The highest BCUT2D eigenvalue weighted by Gasteiger charge is 2.39. The van der Waals surface area contributed by atoms with Crippen molar-refractivity contribution in [2.24, 2.45) is 0 Å². The molecule has 1 atom stereocenters. The molecular formula is C26H22N2O3. The van der Waals surface area contributed by atoms with Crippen molar-refractivity contribution < 1.29 is 14.4 Å². The first kappa shape index (κ1) is 19.2. The molecule has 5 nitrogen and oxygen atoms in total. The number of likely N-dealkylation sites (tertiary alicyclic amines) is 1. The van der Waals surface area contributed by atoms with Crippen molar-refractivity contribution >= 4 is 17.7 Å². The van der Waals surface area contributed by atoms with Crippen LogP contribution in [-0.4, -0.2) is 46.7 Å². The molecule has 0 aromatic heterocycles. The van der Waals surface area contributed by atoms with E-state index in [9.17, 15) is 14.4 Å². The van der Waals surface area contributed by atoms with Gasteiger partial charge in [-0.1, -0.05) is 60.7 Å². The van der Waals surface area contributed by atoms with Gasteiger partial charge in [0.2, 0.25) is 0 Å². The van der Waals surface area contributed by atoms with Crippen molar-refractivity contribution in [2.45, 2.75) is 18.9 Å². The normalized spacial score (nSPS) is 17.9. The van der Waals surface area contributed by atoms with Gasteiger partial charge < -0.3 is 4.90 Å². The number of hydrogen-bond acceptors (Lipinski definition) is 3. The Balaban J connectivity index is 1.41. The van der Waals surface area contributed by atoms with Gasteiger partial charge in [-0.25, -0.2) is 0 Å². The zero-order valence-electron chi connectivity index (χ0n) is 17.0. The fourth-order valence-electron chi connectivity index (χ4n) is 4.60. The van der Waals surface area contributed by atoms with E-state index in [1.807, 2.05) is 59.5 Å². The van der Waals surface area contributed by atoms with Gasteiger partial charge in [-0.3, -0.25) is 19.3 Å². The van der Waals surface area contributed by atoms with Crippen molar-refractivity contribution in [2.75, 3.05) is 13.1 Å². The molecule has 0 N–H and O–H groups in total. The second-order valence-electron chi connectivity index (χ2n) is 7.97. The minimum Gasteiger partial charge on any atom is -0.334 e. The Labute approximate surface area is 180 Å². The standard InChI is InChI=1S/C26H22N2O3/c29-24(21-13-5-4-12-20(21)18-9-2-1-3-10-18)27-16-8-11-19(27)17-28-25(30)22-14-6-7-15-23(22)26(28)31/h1-7,9-10,12-15,19H,8,11,16-17H2. The molecule has 0 saturated carbocycles. The lowest BCUT2D eigenvalue weighted by atomic mass is 9.98. The third kappa shape index (κ3) is 3.32. The van der Waals surface area contributed by atoms with Gasteiger partial charge >= 0.3 is 0 Å². The van der Waals surface area contributed by atoms with Crippen molar-refractivity contribution in [1.82, 2.24) is 9.80 Å². The minimum atomic E-state index is -0.274. The number of rotatable bonds is 4. The van der Waals surface area contributed by atoms with Crippen LogP contribution in [0.2, 0.25) is 0 Å². The van der Waals surface area contributed by atoms with E-state index in [0.29, 0.717) is 23.2 Å². The van der Waals surface area contributed by atoms with Crippen LogP contribution in [0.4, 0.5) is 0 Å². The summed E-state index contributed by atoms with van der Waals surface area (Å²) in [5.41, 5.74) is 3.40. The fourth-order valence-corrected chi connectivity index (χ4v) is 4.60. The third-order valence-electron chi connectivity index (χ3n) is 6.15. The Hall–Kier alpha value is -3.73. The number of hydrogen-bond donors (Lipinski definition) is 0. The van der Waals surface area contributed by atoms with Crippen LogP contribution in [0.3, 0.4) is 0 Å². The summed E-state index contributed by atoms with van der Waals surface area (Å²) in [5, 5.41) is 0. The molecule has 3 amide bonds. The molecule has 3 aromatic carbocycles. The molecule has 1 fully saturated rings. The second-order valence-corrected chi connectivity index (χ2v) is 7.97. The fraction of sp³-hybridized carbons (Fsp3) is 0.192. The molecule has 1 unspecified atom stereocenters. The first-order valence-electron chi connectivity index (χ1n) is 10.6. The van der Waals surface area contributed by atoms with Crippen molar-refractivity contribution in [3.05, 3.63) is 95.6 Å². The summed E-state index contributed by atoms with van der Waals surface area (Å²) in [5.74, 6) is -0.604. The van der Waals surface area contributed by atoms with E-state index >= 15 is 0 Å². The average Bonchev–Trinajstić information content (AvgIpc) is 3.38. The highest BCUT2D eigenvalue weighted by Crippen LogP contribution is 2.30. The third-order valence-corrected chi connectivity index (χ3v) is 6.15. The Morgan fingerprint density at radius 2 is 1.35 bits per heavy atom. The van der Waals surface area contributed by atoms with E-state index in [1.165, 1.54) is 4.90 Å². The van der Waals surface area contributed by atoms with Crippen LogP contribution >= 0.6 is 0 Å². The van der Waals surface area contributed by atoms with Crippen LogP contribution < -0.4 is 0 Å². The van der Waals surface area contributed by atoms with Crippen LogP contribution in [0, 0.1) is 0 Å². The van der Waals surface area contributed by atoms with E-state index < -0.39 is 0 Å². The molecule has 2 aliphatic heterocycles. The number of imide groups is 1. The topological polar surface area (TPSA) is 57.7 Å². The van der Waals surface area contributed by atoms with Crippen LogP contribution in [-0.2, 0) is 0 Å². The number of fused-ring (bicyclic) bond motifs is 1. The predicted octanol–water partition coefficient (Wildman–Crippen LogP) is 4.25. The van der Waals surface area contributed by atoms with Gasteiger partial charge in [0, 0.05) is 18.7 Å². The van der Waals surface area contributed by atoms with Gasteiger partial charge in [-0.05, 0) is 42.2 Å². The molecular weight excluding hydrogens is 388 g/mol. The minimum absolute atomic E-state index is 0.0569. The molecule has 154 valence electrons. The summed E-state index contributed by atoms with van der Waals surface area (Å²) in [7, 11) is 0. The zero-order chi connectivity index (χ0) is 21.4. The number of carbonyl (C=O) groups excluding carboxylic acids is 3. The van der Waals surface area contributed by atoms with Gasteiger partial charge in [-0.2, -0.15) is 0 Å². The molecule has 31 heavy (non-hydrogen) atoms. The summed E-state index contributed by atoms with van der Waals surface area (Å²) in [6.07, 6.45) is 1.62. The summed E-state index contributed by atoms with van der Waals surface area (Å²) >= 11 is 0. The Morgan fingerprint density at radius 3 is 2.03 bits per heavy atom. The van der Waals surface area contributed by atoms with Crippen LogP contribution in [0.1, 0.15) is 43.9 Å². The first-order valence-corrected chi connectivity index (χ1v) is 10.6. The van der Waals surface area contributed by atoms with Gasteiger partial charge in [-0.15, -0.1) is 0 Å². The molecule has 0 spiro atoms. The van der Waals surface area contributed by atoms with Crippen LogP contribution in [0.5, 0.6) is 0 Å². The smallest absolute Gasteiger partial charge is 0.261 e. The maximum atomic E-state index is 13.5. The molecule has 5 heteroatoms. The lowest BCUT2D eigenvalue weighted by Gasteiger charge is -2.28. The lowest BCUT2D eigenvalue weighted by Crippen LogP contribution is -2.45. The monoisotopic (exact) mass is 410 g/mol. The molecule has 5 rings (SSSR count). The molecule has 1 saturated heterocycles. The lowest BCUT2D eigenvalue weighted by molar-refractivity contribution is 0.0562. The molecule has 3 aromatic rings. The SMILES string of the molecule is O=C1c2ccccc2C(=O)N1CC1CCCN1C(=O)c1ccccc1-c1ccccc1. The van der Waals surface area contributed by atoms with Gasteiger partial charge in [0.15, 0.2) is 0 Å². The molecule has 0 aliphatic carbocycles. The van der Waals surface area contributed by atoms with Crippen molar-refractivity contribution in [3.63, 3.8) is 0 Å². The average molecular weight is 410 g/mol. The Bertz CT molecular complexity index is 1140. The zero-order valence-corrected chi connectivity index (χ0v) is 17.0. The van der Waals surface area contributed by atoms with E-state index in [1.54, 1.807) is 24.3 Å². The predicted molar refractivity (Wildman–Crippen MR) is 118 cm³/mol. The Morgan fingerprint density at radius 1 is 0.774 bits per heavy atom. The molecule has 2 aliphatic rings. The highest BCUT2D eigenvalue weighted by molar-refractivity contribution is 6.21. The van der Waals surface area contributed by atoms with Gasteiger partial charge in [0.05, 0.1) is 17.2 Å². The van der Waals surface area contributed by atoms with Crippen molar-refractivity contribution in [1.29, 1.82) is 0 Å². The summed E-state index contributed by atoms with van der Waals surface area (Å²) in [6.45, 7) is 0.849. The van der Waals surface area contributed by atoms with Crippen molar-refractivity contribution in [3.8, 4) is 11.1 Å². The number of nitrogens with zero attached hydrogens (tertiary/aromatic N) is 2.